The molecule has 2 unspecified atom stereocenters. The van der Waals surface area contributed by atoms with E-state index in [1.807, 2.05) is 0 Å². The quantitative estimate of drug-likeness (QED) is 0.589. The molecule has 0 saturated carbocycles. The molecule has 3 aliphatic heterocycles. The van der Waals surface area contributed by atoms with Gasteiger partial charge < -0.3 is 15.5 Å². The molecule has 148 valence electrons. The molecule has 3 fully saturated rings. The van der Waals surface area contributed by atoms with Gasteiger partial charge in [-0.3, -0.25) is 14.7 Å². The highest BCUT2D eigenvalue weighted by Gasteiger charge is 2.42. The average molecular weight is 364 g/mol. The molecule has 6 heteroatoms. The van der Waals surface area contributed by atoms with Crippen molar-refractivity contribution >= 4 is 11.9 Å². The lowest BCUT2D eigenvalue weighted by Gasteiger charge is -2.41. The Hall–Kier alpha value is -1.30. The van der Waals surface area contributed by atoms with Crippen molar-refractivity contribution in [2.75, 3.05) is 45.8 Å². The maximum Gasteiger partial charge on any atom is 0.220 e. The van der Waals surface area contributed by atoms with Gasteiger partial charge in [-0.25, -0.2) is 0 Å². The summed E-state index contributed by atoms with van der Waals surface area (Å²) in [4.78, 5) is 21.7. The number of piperidine rings is 2. The Balaban J connectivity index is 1.60. The summed E-state index contributed by atoms with van der Waals surface area (Å²) in [5.41, 5.74) is 0.111. The van der Waals surface area contributed by atoms with Gasteiger partial charge >= 0.3 is 0 Å². The number of aliphatic imine (C=N–C) groups is 1. The van der Waals surface area contributed by atoms with Crippen molar-refractivity contribution in [2.24, 2.45) is 16.3 Å². The second-order valence-corrected chi connectivity index (χ2v) is 8.74. The van der Waals surface area contributed by atoms with Crippen molar-refractivity contribution in [3.8, 4) is 0 Å². The molecule has 1 amide bonds. The number of guanidine groups is 1. The first kappa shape index (κ1) is 19.5. The van der Waals surface area contributed by atoms with E-state index >= 15 is 0 Å². The predicted molar refractivity (Wildman–Crippen MR) is 106 cm³/mol. The minimum absolute atomic E-state index is 0.111. The second kappa shape index (κ2) is 8.59. The van der Waals surface area contributed by atoms with Crippen molar-refractivity contribution in [3.63, 3.8) is 0 Å². The van der Waals surface area contributed by atoms with Crippen LogP contribution in [-0.2, 0) is 4.79 Å². The van der Waals surface area contributed by atoms with Crippen LogP contribution >= 0.6 is 0 Å². The van der Waals surface area contributed by atoms with Crippen LogP contribution in [0.1, 0.15) is 52.9 Å². The van der Waals surface area contributed by atoms with Crippen LogP contribution in [-0.4, -0.2) is 73.5 Å². The van der Waals surface area contributed by atoms with Crippen LogP contribution in [0.5, 0.6) is 0 Å². The van der Waals surface area contributed by atoms with E-state index in [-0.39, 0.29) is 11.3 Å². The number of carbonyl (C=O) groups is 1. The fourth-order valence-corrected chi connectivity index (χ4v) is 4.66. The Morgan fingerprint density at radius 2 is 2.15 bits per heavy atom. The number of likely N-dealkylation sites (tertiary alicyclic amines) is 2. The van der Waals surface area contributed by atoms with Crippen molar-refractivity contribution < 1.29 is 4.79 Å². The molecule has 3 saturated heterocycles. The summed E-state index contributed by atoms with van der Waals surface area (Å²) < 4.78 is 0. The molecule has 2 atom stereocenters. The van der Waals surface area contributed by atoms with Crippen molar-refractivity contribution in [1.29, 1.82) is 0 Å². The molecular weight excluding hydrogens is 326 g/mol. The Bertz CT molecular complexity index is 514. The largest absolute Gasteiger partial charge is 0.357 e. The standard InChI is InChI=1S/C20H37N5O/c1-4-21-19(22-13-17(3)24-10-6-16(2)7-11-24)25-9-5-8-20(15-25)12-18(26)23-14-20/h16-17H,4-15H2,1-3H3,(H,21,22)(H,23,26). The maximum atomic E-state index is 11.8. The van der Waals surface area contributed by atoms with Gasteiger partial charge in [-0.1, -0.05) is 6.92 Å². The number of hydrogen-bond donors (Lipinski definition) is 2. The lowest BCUT2D eigenvalue weighted by molar-refractivity contribution is -0.119. The van der Waals surface area contributed by atoms with Crippen LogP contribution in [0.3, 0.4) is 0 Å². The first-order valence-corrected chi connectivity index (χ1v) is 10.6. The maximum absolute atomic E-state index is 11.8. The Morgan fingerprint density at radius 3 is 2.81 bits per heavy atom. The molecule has 3 aliphatic rings. The SMILES string of the molecule is CCNC(=NCC(C)N1CCC(C)CC1)N1CCCC2(CNC(=O)C2)C1. The van der Waals surface area contributed by atoms with E-state index < -0.39 is 0 Å². The third-order valence-corrected chi connectivity index (χ3v) is 6.44. The number of nitrogens with zero attached hydrogens (tertiary/aromatic N) is 3. The molecule has 0 bridgehead atoms. The van der Waals surface area contributed by atoms with Gasteiger partial charge in [-0.05, 0) is 58.5 Å². The summed E-state index contributed by atoms with van der Waals surface area (Å²) in [5, 5.41) is 6.52. The molecule has 3 rings (SSSR count). The third-order valence-electron chi connectivity index (χ3n) is 6.44. The van der Waals surface area contributed by atoms with E-state index in [9.17, 15) is 4.79 Å². The van der Waals surface area contributed by atoms with Crippen LogP contribution in [0.15, 0.2) is 4.99 Å². The highest BCUT2D eigenvalue weighted by molar-refractivity contribution is 5.81. The topological polar surface area (TPSA) is 60.0 Å². The lowest BCUT2D eigenvalue weighted by atomic mass is 9.79. The molecule has 2 N–H and O–H groups in total. The van der Waals surface area contributed by atoms with Crippen LogP contribution in [0.2, 0.25) is 0 Å². The minimum atomic E-state index is 0.111. The molecule has 1 spiro atoms. The van der Waals surface area contributed by atoms with Gasteiger partial charge in [0.2, 0.25) is 5.91 Å². The van der Waals surface area contributed by atoms with Gasteiger partial charge in [0.05, 0.1) is 6.54 Å². The second-order valence-electron chi connectivity index (χ2n) is 8.74. The van der Waals surface area contributed by atoms with E-state index in [2.05, 4.69) is 41.2 Å². The molecule has 0 aromatic heterocycles. The Labute approximate surface area is 158 Å². The molecule has 0 aromatic carbocycles. The first-order chi connectivity index (χ1) is 12.5. The van der Waals surface area contributed by atoms with Gasteiger partial charge in [-0.2, -0.15) is 0 Å². The van der Waals surface area contributed by atoms with Gasteiger partial charge in [0.15, 0.2) is 5.96 Å². The highest BCUT2D eigenvalue weighted by Crippen LogP contribution is 2.36. The summed E-state index contributed by atoms with van der Waals surface area (Å²) in [6.07, 6.45) is 5.57. The number of amides is 1. The number of hydrogen-bond acceptors (Lipinski definition) is 3. The number of nitrogens with one attached hydrogen (secondary N) is 2. The zero-order valence-corrected chi connectivity index (χ0v) is 16.9. The van der Waals surface area contributed by atoms with Gasteiger partial charge in [0.1, 0.15) is 0 Å². The van der Waals surface area contributed by atoms with Crippen LogP contribution in [0.4, 0.5) is 0 Å². The van der Waals surface area contributed by atoms with Gasteiger partial charge in [-0.15, -0.1) is 0 Å². The zero-order chi connectivity index (χ0) is 18.6. The van der Waals surface area contributed by atoms with Crippen LogP contribution < -0.4 is 10.6 Å². The normalized spacial score (nSPS) is 29.9. The van der Waals surface area contributed by atoms with Gasteiger partial charge in [0.25, 0.3) is 0 Å². The van der Waals surface area contributed by atoms with E-state index in [0.29, 0.717) is 12.5 Å². The summed E-state index contributed by atoms with van der Waals surface area (Å²) >= 11 is 0. The van der Waals surface area contributed by atoms with Crippen molar-refractivity contribution in [3.05, 3.63) is 0 Å². The van der Waals surface area contributed by atoms with E-state index in [1.165, 1.54) is 25.9 Å². The number of carbonyl (C=O) groups excluding carboxylic acids is 1. The fraction of sp³-hybridized carbons (Fsp3) is 0.900. The fourth-order valence-electron chi connectivity index (χ4n) is 4.66. The van der Waals surface area contributed by atoms with Gasteiger partial charge in [0, 0.05) is 44.1 Å². The lowest BCUT2D eigenvalue weighted by Crippen LogP contribution is -2.51. The van der Waals surface area contributed by atoms with E-state index in [4.69, 9.17) is 4.99 Å². The molecule has 0 aromatic rings. The minimum Gasteiger partial charge on any atom is -0.357 e. The molecule has 26 heavy (non-hydrogen) atoms. The average Bonchev–Trinajstić information content (AvgIpc) is 2.98. The smallest absolute Gasteiger partial charge is 0.220 e. The molecule has 0 radical (unpaired) electrons. The van der Waals surface area contributed by atoms with Crippen LogP contribution in [0.25, 0.3) is 0 Å². The van der Waals surface area contributed by atoms with E-state index in [1.54, 1.807) is 0 Å². The highest BCUT2D eigenvalue weighted by atomic mass is 16.1. The monoisotopic (exact) mass is 363 g/mol. The first-order valence-electron chi connectivity index (χ1n) is 10.6. The summed E-state index contributed by atoms with van der Waals surface area (Å²) in [7, 11) is 0. The predicted octanol–water partition coefficient (Wildman–Crippen LogP) is 1.67. The van der Waals surface area contributed by atoms with E-state index in [0.717, 1.165) is 57.4 Å². The zero-order valence-electron chi connectivity index (χ0n) is 16.9. The summed E-state index contributed by atoms with van der Waals surface area (Å²) in [6, 6.07) is 0.490. The number of rotatable bonds is 4. The molecule has 6 nitrogen and oxygen atoms in total. The third kappa shape index (κ3) is 4.70. The molecule has 3 heterocycles. The summed E-state index contributed by atoms with van der Waals surface area (Å²) in [6.45, 7) is 13.7. The Morgan fingerprint density at radius 1 is 1.38 bits per heavy atom. The summed E-state index contributed by atoms with van der Waals surface area (Å²) in [5.74, 6) is 2.11. The van der Waals surface area contributed by atoms with Crippen molar-refractivity contribution in [1.82, 2.24) is 20.4 Å². The van der Waals surface area contributed by atoms with Crippen LogP contribution in [0, 0.1) is 11.3 Å². The van der Waals surface area contributed by atoms with Crippen molar-refractivity contribution in [2.45, 2.75) is 58.9 Å². The molecular formula is C20H37N5O. The Kier molecular flexibility index (Phi) is 6.43. The molecule has 0 aliphatic carbocycles.